The van der Waals surface area contributed by atoms with Gasteiger partial charge in [-0.15, -0.1) is 0 Å². The number of nitrogens with one attached hydrogen (secondary N) is 1. The molecule has 2 aliphatic rings. The third-order valence-electron chi connectivity index (χ3n) is 5.25. The second kappa shape index (κ2) is 7.08. The van der Waals surface area contributed by atoms with Crippen LogP contribution in [-0.2, 0) is 4.74 Å². The summed E-state index contributed by atoms with van der Waals surface area (Å²) in [5.74, 6) is 0.830. The summed E-state index contributed by atoms with van der Waals surface area (Å²) >= 11 is 0. The Morgan fingerprint density at radius 2 is 1.89 bits per heavy atom. The molecule has 0 aromatic heterocycles. The quantitative estimate of drug-likeness (QED) is 0.775. The summed E-state index contributed by atoms with van der Waals surface area (Å²) in [5.41, 5.74) is 0.282. The first kappa shape index (κ1) is 15.3. The molecule has 2 nitrogen and oxygen atoms in total. The molecule has 2 heteroatoms. The fraction of sp³-hybridized carbons (Fsp3) is 1.00. The summed E-state index contributed by atoms with van der Waals surface area (Å²) in [6.07, 6.45) is 12.4. The van der Waals surface area contributed by atoms with E-state index in [9.17, 15) is 0 Å². The van der Waals surface area contributed by atoms with E-state index in [0.717, 1.165) is 12.5 Å². The van der Waals surface area contributed by atoms with Crippen molar-refractivity contribution in [3.63, 3.8) is 0 Å². The number of hydrogen-bond acceptors (Lipinski definition) is 2. The molecule has 1 aliphatic carbocycles. The zero-order valence-electron chi connectivity index (χ0n) is 13.2. The van der Waals surface area contributed by atoms with E-state index in [2.05, 4.69) is 26.1 Å². The molecule has 1 saturated carbocycles. The normalized spacial score (nSPS) is 29.5. The predicted octanol–water partition coefficient (Wildman–Crippen LogP) is 4.28. The highest BCUT2D eigenvalue weighted by Crippen LogP contribution is 2.41. The van der Waals surface area contributed by atoms with E-state index in [-0.39, 0.29) is 5.60 Å². The van der Waals surface area contributed by atoms with Crippen LogP contribution in [0, 0.1) is 5.92 Å². The lowest BCUT2D eigenvalue weighted by Crippen LogP contribution is -2.37. The van der Waals surface area contributed by atoms with Crippen molar-refractivity contribution in [2.45, 2.75) is 96.3 Å². The smallest absolute Gasteiger partial charge is 0.0708 e. The van der Waals surface area contributed by atoms with Crippen molar-refractivity contribution in [2.75, 3.05) is 6.54 Å². The van der Waals surface area contributed by atoms with E-state index < -0.39 is 0 Å². The molecule has 2 rings (SSSR count). The van der Waals surface area contributed by atoms with Crippen LogP contribution in [0.1, 0.15) is 78.6 Å². The van der Waals surface area contributed by atoms with E-state index in [1.165, 1.54) is 57.8 Å². The Hall–Kier alpha value is -0.0800. The minimum atomic E-state index is 0.282. The van der Waals surface area contributed by atoms with Gasteiger partial charge < -0.3 is 10.1 Å². The van der Waals surface area contributed by atoms with Crippen LogP contribution >= 0.6 is 0 Å². The molecule has 1 heterocycles. The molecule has 1 saturated heterocycles. The Bertz CT molecular complexity index is 260. The zero-order valence-corrected chi connectivity index (χ0v) is 13.2. The first-order valence-electron chi connectivity index (χ1n) is 8.55. The fourth-order valence-corrected chi connectivity index (χ4v) is 3.79. The maximum atomic E-state index is 6.41. The van der Waals surface area contributed by atoms with Crippen molar-refractivity contribution in [1.82, 2.24) is 5.32 Å². The minimum absolute atomic E-state index is 0.282. The average molecular weight is 267 g/mol. The van der Waals surface area contributed by atoms with Gasteiger partial charge in [0.25, 0.3) is 0 Å². The van der Waals surface area contributed by atoms with Gasteiger partial charge in [0.2, 0.25) is 0 Å². The molecular formula is C17H33NO. The first-order chi connectivity index (χ1) is 9.13. The molecule has 0 amide bonds. The summed E-state index contributed by atoms with van der Waals surface area (Å²) in [7, 11) is 0. The van der Waals surface area contributed by atoms with Gasteiger partial charge in [0, 0.05) is 12.6 Å². The molecular weight excluding hydrogens is 234 g/mol. The van der Waals surface area contributed by atoms with Crippen LogP contribution in [0.4, 0.5) is 0 Å². The van der Waals surface area contributed by atoms with Crippen LogP contribution in [0.3, 0.4) is 0 Å². The Morgan fingerprint density at radius 3 is 2.58 bits per heavy atom. The average Bonchev–Trinajstić information content (AvgIpc) is 2.80. The number of hydrogen-bond donors (Lipinski definition) is 1. The van der Waals surface area contributed by atoms with Crippen LogP contribution in [0.5, 0.6) is 0 Å². The van der Waals surface area contributed by atoms with Gasteiger partial charge >= 0.3 is 0 Å². The summed E-state index contributed by atoms with van der Waals surface area (Å²) in [4.78, 5) is 0. The molecule has 0 bridgehead atoms. The highest BCUT2D eigenvalue weighted by molar-refractivity contribution is 4.92. The Labute approximate surface area is 119 Å². The standard InChI is InChI=1S/C17H33NO/c1-4-14(2)12-15(3)18-13-16-8-11-17(19-16)9-6-5-7-10-17/h14-16,18H,4-13H2,1-3H3. The molecule has 0 radical (unpaired) electrons. The van der Waals surface area contributed by atoms with Crippen LogP contribution in [0.25, 0.3) is 0 Å². The molecule has 112 valence electrons. The van der Waals surface area contributed by atoms with Gasteiger partial charge in [0.05, 0.1) is 11.7 Å². The molecule has 0 aromatic carbocycles. The predicted molar refractivity (Wildman–Crippen MR) is 81.5 cm³/mol. The lowest BCUT2D eigenvalue weighted by atomic mass is 9.83. The molecule has 1 spiro atoms. The summed E-state index contributed by atoms with van der Waals surface area (Å²) in [6, 6.07) is 0.626. The van der Waals surface area contributed by atoms with Crippen molar-refractivity contribution in [3.8, 4) is 0 Å². The second-order valence-corrected chi connectivity index (χ2v) is 7.08. The molecule has 3 unspecified atom stereocenters. The van der Waals surface area contributed by atoms with Gasteiger partial charge in [-0.05, 0) is 44.9 Å². The molecule has 2 fully saturated rings. The number of ether oxygens (including phenoxy) is 1. The second-order valence-electron chi connectivity index (χ2n) is 7.08. The Morgan fingerprint density at radius 1 is 1.16 bits per heavy atom. The van der Waals surface area contributed by atoms with Crippen molar-refractivity contribution < 1.29 is 4.74 Å². The van der Waals surface area contributed by atoms with Gasteiger partial charge in [-0.1, -0.05) is 39.5 Å². The minimum Gasteiger partial charge on any atom is -0.370 e. The van der Waals surface area contributed by atoms with E-state index in [1.54, 1.807) is 0 Å². The SMILES string of the molecule is CCC(C)CC(C)NCC1CCC2(CCCCC2)O1. The summed E-state index contributed by atoms with van der Waals surface area (Å²) in [6.45, 7) is 8.00. The van der Waals surface area contributed by atoms with Crippen LogP contribution in [0.2, 0.25) is 0 Å². The van der Waals surface area contributed by atoms with Crippen molar-refractivity contribution in [3.05, 3.63) is 0 Å². The van der Waals surface area contributed by atoms with Crippen molar-refractivity contribution >= 4 is 0 Å². The summed E-state index contributed by atoms with van der Waals surface area (Å²) in [5, 5.41) is 3.69. The first-order valence-corrected chi connectivity index (χ1v) is 8.55. The van der Waals surface area contributed by atoms with Gasteiger partial charge in [-0.3, -0.25) is 0 Å². The van der Waals surface area contributed by atoms with Crippen LogP contribution in [0.15, 0.2) is 0 Å². The topological polar surface area (TPSA) is 21.3 Å². The maximum Gasteiger partial charge on any atom is 0.0708 e. The molecule has 1 aliphatic heterocycles. The molecule has 19 heavy (non-hydrogen) atoms. The van der Waals surface area contributed by atoms with Gasteiger partial charge in [-0.25, -0.2) is 0 Å². The van der Waals surface area contributed by atoms with E-state index in [0.29, 0.717) is 12.1 Å². The lowest BCUT2D eigenvalue weighted by Gasteiger charge is -2.33. The van der Waals surface area contributed by atoms with E-state index in [4.69, 9.17) is 4.74 Å². The van der Waals surface area contributed by atoms with Crippen LogP contribution < -0.4 is 5.32 Å². The van der Waals surface area contributed by atoms with Gasteiger partial charge in [0.15, 0.2) is 0 Å². The van der Waals surface area contributed by atoms with Gasteiger partial charge in [0.1, 0.15) is 0 Å². The highest BCUT2D eigenvalue weighted by atomic mass is 16.5. The van der Waals surface area contributed by atoms with Gasteiger partial charge in [-0.2, -0.15) is 0 Å². The molecule has 1 N–H and O–H groups in total. The van der Waals surface area contributed by atoms with E-state index in [1.807, 2.05) is 0 Å². The third kappa shape index (κ3) is 4.46. The van der Waals surface area contributed by atoms with Crippen LogP contribution in [-0.4, -0.2) is 24.3 Å². The Balaban J connectivity index is 1.67. The van der Waals surface area contributed by atoms with Crippen molar-refractivity contribution in [2.24, 2.45) is 5.92 Å². The fourth-order valence-electron chi connectivity index (χ4n) is 3.79. The molecule has 0 aromatic rings. The highest BCUT2D eigenvalue weighted by Gasteiger charge is 2.40. The zero-order chi connectivity index (χ0) is 13.7. The third-order valence-corrected chi connectivity index (χ3v) is 5.25. The van der Waals surface area contributed by atoms with E-state index >= 15 is 0 Å². The monoisotopic (exact) mass is 267 g/mol. The number of rotatable bonds is 6. The summed E-state index contributed by atoms with van der Waals surface area (Å²) < 4.78 is 6.41. The maximum absolute atomic E-state index is 6.41. The van der Waals surface area contributed by atoms with Crippen molar-refractivity contribution in [1.29, 1.82) is 0 Å². The Kier molecular flexibility index (Phi) is 5.70. The largest absolute Gasteiger partial charge is 0.370 e. The lowest BCUT2D eigenvalue weighted by molar-refractivity contribution is -0.0629. The molecule has 3 atom stereocenters.